The Kier molecular flexibility index (Phi) is 4.24. The number of hydrogen-bond donors (Lipinski definition) is 1. The SMILES string of the molecule is CNc1cnn(C2CCN(c3ncccn3)CC2)c(=O)c1Cl. The van der Waals surface area contributed by atoms with Crippen LogP contribution in [-0.4, -0.2) is 39.9 Å². The molecule has 0 spiro atoms. The van der Waals surface area contributed by atoms with Gasteiger partial charge in [-0.2, -0.15) is 5.10 Å². The summed E-state index contributed by atoms with van der Waals surface area (Å²) < 4.78 is 1.49. The molecule has 0 unspecified atom stereocenters. The van der Waals surface area contributed by atoms with Crippen molar-refractivity contribution in [3.63, 3.8) is 0 Å². The van der Waals surface area contributed by atoms with Gasteiger partial charge in [-0.15, -0.1) is 0 Å². The van der Waals surface area contributed by atoms with Crippen molar-refractivity contribution in [3.8, 4) is 0 Å². The summed E-state index contributed by atoms with van der Waals surface area (Å²) >= 11 is 6.08. The molecule has 1 fully saturated rings. The molecule has 0 bridgehead atoms. The topological polar surface area (TPSA) is 75.9 Å². The minimum Gasteiger partial charge on any atom is -0.385 e. The van der Waals surface area contributed by atoms with Crippen LogP contribution in [0.5, 0.6) is 0 Å². The van der Waals surface area contributed by atoms with Gasteiger partial charge in [0.15, 0.2) is 0 Å². The molecule has 0 amide bonds. The molecule has 8 heteroatoms. The lowest BCUT2D eigenvalue weighted by atomic mass is 10.1. The van der Waals surface area contributed by atoms with Crippen molar-refractivity contribution in [2.45, 2.75) is 18.9 Å². The molecule has 7 nitrogen and oxygen atoms in total. The third-order valence-electron chi connectivity index (χ3n) is 3.86. The highest BCUT2D eigenvalue weighted by Crippen LogP contribution is 2.24. The summed E-state index contributed by atoms with van der Waals surface area (Å²) in [6.45, 7) is 1.57. The second-order valence-corrected chi connectivity index (χ2v) is 5.52. The molecule has 0 radical (unpaired) electrons. The Bertz CT molecular complexity index is 696. The summed E-state index contributed by atoms with van der Waals surface area (Å²) in [5, 5.41) is 7.29. The van der Waals surface area contributed by atoms with E-state index in [-0.39, 0.29) is 16.6 Å². The quantitative estimate of drug-likeness (QED) is 0.925. The number of hydrogen-bond acceptors (Lipinski definition) is 6. The predicted molar refractivity (Wildman–Crippen MR) is 85.6 cm³/mol. The smallest absolute Gasteiger partial charge is 0.287 e. The van der Waals surface area contributed by atoms with Gasteiger partial charge in [0.1, 0.15) is 5.02 Å². The molecule has 3 rings (SSSR count). The maximum Gasteiger partial charge on any atom is 0.287 e. The minimum absolute atomic E-state index is 0.0517. The van der Waals surface area contributed by atoms with Crippen LogP contribution in [0.4, 0.5) is 11.6 Å². The Hall–Kier alpha value is -2.15. The third kappa shape index (κ3) is 2.76. The number of piperidine rings is 1. The Balaban J connectivity index is 1.75. The van der Waals surface area contributed by atoms with E-state index in [0.29, 0.717) is 5.69 Å². The van der Waals surface area contributed by atoms with Crippen molar-refractivity contribution in [3.05, 3.63) is 40.0 Å². The van der Waals surface area contributed by atoms with Gasteiger partial charge in [-0.05, 0) is 18.9 Å². The van der Waals surface area contributed by atoms with E-state index in [9.17, 15) is 4.79 Å². The molecular formula is C14H17ClN6O. The van der Waals surface area contributed by atoms with Gasteiger partial charge >= 0.3 is 0 Å². The number of nitrogens with zero attached hydrogens (tertiary/aromatic N) is 5. The maximum atomic E-state index is 12.3. The number of halogens is 1. The molecule has 1 aliphatic rings. The highest BCUT2D eigenvalue weighted by molar-refractivity contribution is 6.32. The van der Waals surface area contributed by atoms with Crippen LogP contribution in [0.3, 0.4) is 0 Å². The number of anilines is 2. The Morgan fingerprint density at radius 2 is 1.95 bits per heavy atom. The van der Waals surface area contributed by atoms with Crippen LogP contribution in [0.15, 0.2) is 29.5 Å². The van der Waals surface area contributed by atoms with Crippen LogP contribution in [0.2, 0.25) is 5.02 Å². The van der Waals surface area contributed by atoms with Crippen LogP contribution in [0.1, 0.15) is 18.9 Å². The first-order valence-corrected chi connectivity index (χ1v) is 7.55. The first-order chi connectivity index (χ1) is 10.7. The molecule has 116 valence electrons. The second kappa shape index (κ2) is 6.31. The molecule has 1 saturated heterocycles. The zero-order valence-corrected chi connectivity index (χ0v) is 13.0. The predicted octanol–water partition coefficient (Wildman–Crippen LogP) is 1.57. The average Bonchev–Trinajstić information content (AvgIpc) is 2.58. The fourth-order valence-corrected chi connectivity index (χ4v) is 2.87. The van der Waals surface area contributed by atoms with Gasteiger partial charge < -0.3 is 10.2 Å². The van der Waals surface area contributed by atoms with Crippen molar-refractivity contribution >= 4 is 23.2 Å². The summed E-state index contributed by atoms with van der Waals surface area (Å²) in [4.78, 5) is 22.9. The largest absolute Gasteiger partial charge is 0.385 e. The van der Waals surface area contributed by atoms with E-state index in [4.69, 9.17) is 11.6 Å². The van der Waals surface area contributed by atoms with Crippen molar-refractivity contribution in [2.24, 2.45) is 0 Å². The lowest BCUT2D eigenvalue weighted by Crippen LogP contribution is -2.39. The minimum atomic E-state index is -0.247. The Morgan fingerprint density at radius 3 is 2.59 bits per heavy atom. The van der Waals surface area contributed by atoms with Gasteiger partial charge in [-0.25, -0.2) is 14.6 Å². The molecule has 1 N–H and O–H groups in total. The second-order valence-electron chi connectivity index (χ2n) is 5.14. The molecule has 1 aliphatic heterocycles. The molecule has 3 heterocycles. The highest BCUT2D eigenvalue weighted by atomic mass is 35.5. The zero-order valence-electron chi connectivity index (χ0n) is 12.2. The van der Waals surface area contributed by atoms with Gasteiger partial charge in [-0.1, -0.05) is 11.6 Å². The van der Waals surface area contributed by atoms with Crippen LogP contribution in [0.25, 0.3) is 0 Å². The summed E-state index contributed by atoms with van der Waals surface area (Å²) in [5.41, 5.74) is 0.306. The van der Waals surface area contributed by atoms with E-state index in [1.165, 1.54) is 4.68 Å². The van der Waals surface area contributed by atoms with E-state index < -0.39 is 0 Å². The highest BCUT2D eigenvalue weighted by Gasteiger charge is 2.24. The van der Waals surface area contributed by atoms with Gasteiger partial charge in [0.05, 0.1) is 17.9 Å². The van der Waals surface area contributed by atoms with Gasteiger partial charge in [0.25, 0.3) is 5.56 Å². The van der Waals surface area contributed by atoms with E-state index in [2.05, 4.69) is 25.3 Å². The summed E-state index contributed by atoms with van der Waals surface area (Å²) in [6, 6.07) is 1.85. The first-order valence-electron chi connectivity index (χ1n) is 7.17. The van der Waals surface area contributed by atoms with Crippen LogP contribution >= 0.6 is 11.6 Å². The average molecular weight is 321 g/mol. The Morgan fingerprint density at radius 1 is 1.27 bits per heavy atom. The molecule has 2 aromatic rings. The third-order valence-corrected chi connectivity index (χ3v) is 4.22. The summed E-state index contributed by atoms with van der Waals surface area (Å²) in [7, 11) is 1.71. The van der Waals surface area contributed by atoms with E-state index in [1.54, 1.807) is 31.7 Å². The number of aromatic nitrogens is 4. The van der Waals surface area contributed by atoms with E-state index in [0.717, 1.165) is 31.9 Å². The molecular weight excluding hydrogens is 304 g/mol. The maximum absolute atomic E-state index is 12.3. The Labute approximate surface area is 133 Å². The first kappa shape index (κ1) is 14.8. The van der Waals surface area contributed by atoms with Crippen molar-refractivity contribution in [2.75, 3.05) is 30.4 Å². The van der Waals surface area contributed by atoms with Gasteiger partial charge in [0.2, 0.25) is 5.95 Å². The molecule has 2 aromatic heterocycles. The van der Waals surface area contributed by atoms with Crippen LogP contribution < -0.4 is 15.8 Å². The fourth-order valence-electron chi connectivity index (χ4n) is 2.64. The normalized spacial score (nSPS) is 15.8. The molecule has 0 saturated carbocycles. The summed E-state index contributed by atoms with van der Waals surface area (Å²) in [6.07, 6.45) is 6.67. The fraction of sp³-hybridized carbons (Fsp3) is 0.429. The molecule has 22 heavy (non-hydrogen) atoms. The molecule has 0 aliphatic carbocycles. The van der Waals surface area contributed by atoms with Crippen LogP contribution in [-0.2, 0) is 0 Å². The van der Waals surface area contributed by atoms with Crippen LogP contribution in [0, 0.1) is 0 Å². The number of nitrogens with one attached hydrogen (secondary N) is 1. The molecule has 0 atom stereocenters. The molecule has 0 aromatic carbocycles. The monoisotopic (exact) mass is 320 g/mol. The summed E-state index contributed by atoms with van der Waals surface area (Å²) in [5.74, 6) is 0.727. The lowest BCUT2D eigenvalue weighted by Gasteiger charge is -2.32. The zero-order chi connectivity index (χ0) is 15.5. The van der Waals surface area contributed by atoms with E-state index in [1.807, 2.05) is 0 Å². The van der Waals surface area contributed by atoms with Crippen molar-refractivity contribution in [1.29, 1.82) is 0 Å². The van der Waals surface area contributed by atoms with Crippen molar-refractivity contribution in [1.82, 2.24) is 19.7 Å². The van der Waals surface area contributed by atoms with Gasteiger partial charge in [-0.3, -0.25) is 4.79 Å². The lowest BCUT2D eigenvalue weighted by molar-refractivity contribution is 0.352. The van der Waals surface area contributed by atoms with Crippen molar-refractivity contribution < 1.29 is 0 Å². The number of rotatable bonds is 3. The van der Waals surface area contributed by atoms with E-state index >= 15 is 0 Å². The standard InChI is InChI=1S/C14H17ClN6O/c1-16-11-9-19-21(13(22)12(11)15)10-3-7-20(8-4-10)14-17-5-2-6-18-14/h2,5-6,9-10,16H,3-4,7-8H2,1H3. The van der Waals surface area contributed by atoms with Gasteiger partial charge in [0, 0.05) is 32.5 Å².